The molecular formula is C24H38ClN. The van der Waals surface area contributed by atoms with E-state index in [0.29, 0.717) is 11.8 Å². The second-order valence-electron chi connectivity index (χ2n) is 7.31. The average molecular weight is 376 g/mol. The summed E-state index contributed by atoms with van der Waals surface area (Å²) in [6.07, 6.45) is 10.1. The van der Waals surface area contributed by atoms with E-state index in [4.69, 9.17) is 16.6 Å². The first kappa shape index (κ1) is 23.0. The molecule has 0 amide bonds. The van der Waals surface area contributed by atoms with E-state index in [1.54, 1.807) is 0 Å². The first-order valence-corrected chi connectivity index (χ1v) is 10.9. The summed E-state index contributed by atoms with van der Waals surface area (Å²) < 4.78 is 0. The molecule has 1 rings (SSSR count). The lowest BCUT2D eigenvalue weighted by Gasteiger charge is -2.31. The molecule has 0 saturated carbocycles. The number of halogens is 1. The van der Waals surface area contributed by atoms with Gasteiger partial charge in [0.2, 0.25) is 0 Å². The maximum atomic E-state index is 6.35. The standard InChI is InChI=1S/C24H38ClN/c1-7-12-19(13-8-2)23(24(26-11-5)18(6)10-4)22-16-15-21(25)17-20(22)14-9-3/h11,15-17,19,23H,7-10,12-14H2,1-6H3/b24-18-,26-11?. The minimum atomic E-state index is 0.366. The van der Waals surface area contributed by atoms with E-state index in [1.165, 1.54) is 48.1 Å². The minimum Gasteiger partial charge on any atom is -0.265 e. The molecule has 26 heavy (non-hydrogen) atoms. The van der Waals surface area contributed by atoms with Gasteiger partial charge in [-0.15, -0.1) is 0 Å². The molecule has 0 heterocycles. The molecule has 146 valence electrons. The molecule has 0 bridgehead atoms. The first-order valence-electron chi connectivity index (χ1n) is 10.5. The SMILES string of the molecule is CC=N/C(=C(/C)CC)C(c1ccc(Cl)cc1CCC)C(CCC)CCC. The summed E-state index contributed by atoms with van der Waals surface area (Å²) in [4.78, 5) is 4.90. The summed E-state index contributed by atoms with van der Waals surface area (Å²) in [5, 5.41) is 0.843. The van der Waals surface area contributed by atoms with Gasteiger partial charge in [0.15, 0.2) is 0 Å². The largest absolute Gasteiger partial charge is 0.265 e. The fraction of sp³-hybridized carbons (Fsp3) is 0.625. The van der Waals surface area contributed by atoms with Gasteiger partial charge in [0.1, 0.15) is 0 Å². The van der Waals surface area contributed by atoms with Crippen LogP contribution in [0.5, 0.6) is 0 Å². The number of hydrogen-bond donors (Lipinski definition) is 0. The summed E-state index contributed by atoms with van der Waals surface area (Å²) >= 11 is 6.35. The van der Waals surface area contributed by atoms with Gasteiger partial charge in [0, 0.05) is 22.9 Å². The summed E-state index contributed by atoms with van der Waals surface area (Å²) in [6, 6.07) is 6.51. The Morgan fingerprint density at radius 3 is 2.23 bits per heavy atom. The van der Waals surface area contributed by atoms with Crippen LogP contribution in [0.3, 0.4) is 0 Å². The number of benzene rings is 1. The van der Waals surface area contributed by atoms with Crippen LogP contribution in [0.2, 0.25) is 5.02 Å². The van der Waals surface area contributed by atoms with Crippen LogP contribution >= 0.6 is 11.6 Å². The quantitative estimate of drug-likeness (QED) is 0.344. The van der Waals surface area contributed by atoms with Gasteiger partial charge < -0.3 is 0 Å². The zero-order chi connectivity index (χ0) is 19.5. The smallest absolute Gasteiger partial charge is 0.0466 e. The lowest BCUT2D eigenvalue weighted by molar-refractivity contribution is 0.387. The Labute approximate surface area is 167 Å². The highest BCUT2D eigenvalue weighted by atomic mass is 35.5. The van der Waals surface area contributed by atoms with Gasteiger partial charge in [0.05, 0.1) is 0 Å². The van der Waals surface area contributed by atoms with Crippen molar-refractivity contribution in [2.24, 2.45) is 10.9 Å². The van der Waals surface area contributed by atoms with E-state index in [0.717, 1.165) is 24.3 Å². The van der Waals surface area contributed by atoms with Crippen molar-refractivity contribution < 1.29 is 0 Å². The van der Waals surface area contributed by atoms with Gasteiger partial charge in [-0.05, 0) is 68.7 Å². The highest BCUT2D eigenvalue weighted by Gasteiger charge is 2.28. The number of aliphatic imine (C=N–C) groups is 1. The zero-order valence-electron chi connectivity index (χ0n) is 17.7. The third-order valence-corrected chi connectivity index (χ3v) is 5.52. The molecule has 0 fully saturated rings. The Kier molecular flexibility index (Phi) is 10.9. The molecule has 0 aromatic heterocycles. The predicted octanol–water partition coefficient (Wildman–Crippen LogP) is 8.37. The van der Waals surface area contributed by atoms with Crippen molar-refractivity contribution in [1.82, 2.24) is 0 Å². The molecular weight excluding hydrogens is 338 g/mol. The molecule has 0 N–H and O–H groups in total. The molecule has 0 aliphatic carbocycles. The average Bonchev–Trinajstić information content (AvgIpc) is 2.62. The van der Waals surface area contributed by atoms with Gasteiger partial charge in [-0.25, -0.2) is 0 Å². The molecule has 0 aliphatic rings. The van der Waals surface area contributed by atoms with Gasteiger partial charge in [-0.3, -0.25) is 4.99 Å². The Morgan fingerprint density at radius 2 is 1.73 bits per heavy atom. The van der Waals surface area contributed by atoms with Crippen LogP contribution in [-0.4, -0.2) is 6.21 Å². The van der Waals surface area contributed by atoms with Crippen LogP contribution in [0.1, 0.15) is 97.1 Å². The van der Waals surface area contributed by atoms with Crippen LogP contribution in [0.4, 0.5) is 0 Å². The molecule has 1 unspecified atom stereocenters. The van der Waals surface area contributed by atoms with Crippen molar-refractivity contribution in [3.05, 3.63) is 45.6 Å². The summed E-state index contributed by atoms with van der Waals surface area (Å²) in [5.74, 6) is 0.992. The van der Waals surface area contributed by atoms with Crippen LogP contribution in [0.15, 0.2) is 34.5 Å². The summed E-state index contributed by atoms with van der Waals surface area (Å²) in [7, 11) is 0. The van der Waals surface area contributed by atoms with E-state index in [-0.39, 0.29) is 0 Å². The van der Waals surface area contributed by atoms with E-state index in [1.807, 2.05) is 13.1 Å². The van der Waals surface area contributed by atoms with Gasteiger partial charge in [-0.1, -0.05) is 70.2 Å². The van der Waals surface area contributed by atoms with Crippen molar-refractivity contribution in [3.8, 4) is 0 Å². The third-order valence-electron chi connectivity index (χ3n) is 5.28. The molecule has 1 nitrogen and oxygen atoms in total. The molecule has 1 aromatic carbocycles. The maximum absolute atomic E-state index is 6.35. The fourth-order valence-corrected chi connectivity index (χ4v) is 4.18. The lowest BCUT2D eigenvalue weighted by Crippen LogP contribution is -2.18. The molecule has 0 aliphatic heterocycles. The topological polar surface area (TPSA) is 12.4 Å². The molecule has 0 radical (unpaired) electrons. The summed E-state index contributed by atoms with van der Waals surface area (Å²) in [5.41, 5.74) is 5.52. The van der Waals surface area contributed by atoms with E-state index < -0.39 is 0 Å². The van der Waals surface area contributed by atoms with Crippen molar-refractivity contribution in [2.75, 3.05) is 0 Å². The Morgan fingerprint density at radius 1 is 1.08 bits per heavy atom. The number of nitrogens with zero attached hydrogens (tertiary/aromatic N) is 1. The first-order chi connectivity index (χ1) is 12.5. The van der Waals surface area contributed by atoms with Crippen molar-refractivity contribution in [1.29, 1.82) is 0 Å². The number of hydrogen-bond acceptors (Lipinski definition) is 1. The van der Waals surface area contributed by atoms with E-state index >= 15 is 0 Å². The number of aryl methyl sites for hydroxylation is 1. The van der Waals surface area contributed by atoms with E-state index in [2.05, 4.69) is 52.8 Å². The molecule has 0 saturated heterocycles. The molecule has 1 aromatic rings. The van der Waals surface area contributed by atoms with Crippen molar-refractivity contribution in [2.45, 2.75) is 92.4 Å². The third kappa shape index (κ3) is 6.27. The predicted molar refractivity (Wildman–Crippen MR) is 119 cm³/mol. The van der Waals surface area contributed by atoms with Gasteiger partial charge in [-0.2, -0.15) is 0 Å². The Hall–Kier alpha value is -1.08. The highest BCUT2D eigenvalue weighted by Crippen LogP contribution is 2.42. The minimum absolute atomic E-state index is 0.366. The second-order valence-corrected chi connectivity index (χ2v) is 7.75. The Balaban J connectivity index is 3.63. The Bertz CT molecular complexity index is 594. The number of rotatable bonds is 11. The van der Waals surface area contributed by atoms with Crippen LogP contribution in [0.25, 0.3) is 0 Å². The van der Waals surface area contributed by atoms with Gasteiger partial charge in [0.25, 0.3) is 0 Å². The monoisotopic (exact) mass is 375 g/mol. The molecule has 1 atom stereocenters. The van der Waals surface area contributed by atoms with Crippen molar-refractivity contribution >= 4 is 17.8 Å². The van der Waals surface area contributed by atoms with Crippen LogP contribution < -0.4 is 0 Å². The van der Waals surface area contributed by atoms with Crippen LogP contribution in [-0.2, 0) is 6.42 Å². The molecule has 0 spiro atoms. The van der Waals surface area contributed by atoms with Crippen LogP contribution in [0, 0.1) is 5.92 Å². The normalized spacial score (nSPS) is 14.2. The number of allylic oxidation sites excluding steroid dienone is 2. The van der Waals surface area contributed by atoms with Crippen molar-refractivity contribution in [3.63, 3.8) is 0 Å². The van der Waals surface area contributed by atoms with Gasteiger partial charge >= 0.3 is 0 Å². The zero-order valence-corrected chi connectivity index (χ0v) is 18.5. The van der Waals surface area contributed by atoms with E-state index in [9.17, 15) is 0 Å². The second kappa shape index (κ2) is 12.3. The highest BCUT2D eigenvalue weighted by molar-refractivity contribution is 6.30. The summed E-state index contributed by atoms with van der Waals surface area (Å²) in [6.45, 7) is 13.4. The fourth-order valence-electron chi connectivity index (χ4n) is 3.98. The lowest BCUT2D eigenvalue weighted by atomic mass is 9.75. The maximum Gasteiger partial charge on any atom is 0.0466 e. The molecule has 2 heteroatoms.